The average molecular weight is 171 g/mol. The van der Waals surface area contributed by atoms with Crippen LogP contribution >= 0.6 is 0 Å². The second kappa shape index (κ2) is 2.87. The first kappa shape index (κ1) is 8.00. The van der Waals surface area contributed by atoms with Crippen LogP contribution in [-0.4, -0.2) is 15.4 Å². The van der Waals surface area contributed by atoms with Crippen LogP contribution in [0.5, 0.6) is 0 Å². The number of hydrogen-bond donors (Lipinski definition) is 2. The van der Waals surface area contributed by atoms with Gasteiger partial charge >= 0.3 is 0 Å². The normalized spacial score (nSPS) is 12.8. The van der Waals surface area contributed by atoms with Gasteiger partial charge in [0, 0.05) is 11.2 Å². The molecule has 0 saturated carbocycles. The summed E-state index contributed by atoms with van der Waals surface area (Å²) in [5, 5.41) is 0. The summed E-state index contributed by atoms with van der Waals surface area (Å²) in [6.45, 7) is 0. The minimum atomic E-state index is -1.05. The molecule has 1 heterocycles. The molecule has 5 heteroatoms. The quantitative estimate of drug-likeness (QED) is 0.622. The van der Waals surface area contributed by atoms with E-state index in [1.54, 1.807) is 18.4 Å². The Morgan fingerprint density at radius 1 is 1.36 bits per heavy atom. The Hall–Kier alpha value is -1.10. The highest BCUT2D eigenvalue weighted by molar-refractivity contribution is 7.84. The minimum absolute atomic E-state index is 0.301. The van der Waals surface area contributed by atoms with E-state index in [4.69, 9.17) is 11.5 Å². The molecular weight excluding hydrogens is 162 g/mol. The molecule has 4 nitrogen and oxygen atoms in total. The number of aromatic nitrogens is 1. The standard InChI is InChI=1S/C6H9N3OS/c1-11(10)4-2-5(7)9-6(8)3-4/h2-3H,1H3,(H4,7,8,9). The number of pyridine rings is 1. The average Bonchev–Trinajstić information content (AvgIpc) is 1.85. The molecule has 1 rings (SSSR count). The van der Waals surface area contributed by atoms with Gasteiger partial charge in [0.05, 0.1) is 10.8 Å². The maximum atomic E-state index is 10.9. The van der Waals surface area contributed by atoms with E-state index in [1.165, 1.54) is 0 Å². The molecule has 0 aliphatic heterocycles. The van der Waals surface area contributed by atoms with Gasteiger partial charge in [0.1, 0.15) is 11.6 Å². The van der Waals surface area contributed by atoms with Crippen molar-refractivity contribution in [3.05, 3.63) is 12.1 Å². The Kier molecular flexibility index (Phi) is 2.09. The monoisotopic (exact) mass is 171 g/mol. The first-order valence-corrected chi connectivity index (χ1v) is 4.52. The molecule has 0 amide bonds. The molecule has 1 unspecified atom stereocenters. The number of anilines is 2. The second-order valence-electron chi connectivity index (χ2n) is 2.11. The molecule has 1 aromatic rings. The topological polar surface area (TPSA) is 82.0 Å². The van der Waals surface area contributed by atoms with Gasteiger partial charge in [-0.25, -0.2) is 4.98 Å². The van der Waals surface area contributed by atoms with Gasteiger partial charge in [-0.3, -0.25) is 4.21 Å². The first-order chi connectivity index (χ1) is 5.09. The third kappa shape index (κ3) is 1.91. The number of rotatable bonds is 1. The largest absolute Gasteiger partial charge is 0.384 e. The maximum Gasteiger partial charge on any atom is 0.126 e. The van der Waals surface area contributed by atoms with Gasteiger partial charge in [0.2, 0.25) is 0 Å². The van der Waals surface area contributed by atoms with Gasteiger partial charge in [-0.1, -0.05) is 0 Å². The van der Waals surface area contributed by atoms with Gasteiger partial charge in [-0.2, -0.15) is 0 Å². The van der Waals surface area contributed by atoms with Crippen LogP contribution in [0, 0.1) is 0 Å². The third-order valence-corrected chi connectivity index (χ3v) is 2.07. The molecule has 4 N–H and O–H groups in total. The van der Waals surface area contributed by atoms with Crippen molar-refractivity contribution in [1.82, 2.24) is 4.98 Å². The van der Waals surface area contributed by atoms with Gasteiger partial charge in [-0.05, 0) is 12.1 Å². The molecule has 0 aromatic carbocycles. The van der Waals surface area contributed by atoms with Crippen molar-refractivity contribution < 1.29 is 4.21 Å². The zero-order valence-electron chi connectivity index (χ0n) is 6.07. The molecule has 11 heavy (non-hydrogen) atoms. The van der Waals surface area contributed by atoms with Crippen molar-refractivity contribution in [1.29, 1.82) is 0 Å². The number of nitrogen functional groups attached to an aromatic ring is 2. The zero-order valence-corrected chi connectivity index (χ0v) is 6.89. The number of nitrogens with zero attached hydrogens (tertiary/aromatic N) is 1. The fourth-order valence-corrected chi connectivity index (χ4v) is 1.29. The molecule has 0 fully saturated rings. The smallest absolute Gasteiger partial charge is 0.126 e. The fraction of sp³-hybridized carbons (Fsp3) is 0.167. The Balaban J connectivity index is 3.19. The van der Waals surface area contributed by atoms with Crippen molar-refractivity contribution in [2.75, 3.05) is 17.7 Å². The second-order valence-corrected chi connectivity index (χ2v) is 3.49. The van der Waals surface area contributed by atoms with Crippen molar-refractivity contribution in [3.63, 3.8) is 0 Å². The molecule has 0 spiro atoms. The SMILES string of the molecule is CS(=O)c1cc(N)nc(N)c1. The molecule has 1 aromatic heterocycles. The van der Waals surface area contributed by atoms with E-state index in [9.17, 15) is 4.21 Å². The van der Waals surface area contributed by atoms with Crippen LogP contribution in [-0.2, 0) is 10.8 Å². The van der Waals surface area contributed by atoms with Gasteiger partial charge < -0.3 is 11.5 Å². The molecular formula is C6H9N3OS. The van der Waals surface area contributed by atoms with Gasteiger partial charge in [-0.15, -0.1) is 0 Å². The van der Waals surface area contributed by atoms with Gasteiger partial charge in [0.15, 0.2) is 0 Å². The van der Waals surface area contributed by atoms with Crippen molar-refractivity contribution >= 4 is 22.4 Å². The summed E-state index contributed by atoms with van der Waals surface area (Å²) in [7, 11) is -1.05. The summed E-state index contributed by atoms with van der Waals surface area (Å²) in [6, 6.07) is 3.10. The number of nitrogens with two attached hydrogens (primary N) is 2. The molecule has 1 atom stereocenters. The lowest BCUT2D eigenvalue weighted by Gasteiger charge is -1.99. The Morgan fingerprint density at radius 3 is 2.18 bits per heavy atom. The highest BCUT2D eigenvalue weighted by atomic mass is 32.2. The van der Waals surface area contributed by atoms with Crippen LogP contribution in [0.25, 0.3) is 0 Å². The van der Waals surface area contributed by atoms with Crippen LogP contribution in [0.4, 0.5) is 11.6 Å². The summed E-state index contributed by atoms with van der Waals surface area (Å²) < 4.78 is 10.9. The van der Waals surface area contributed by atoms with Crippen LogP contribution in [0.15, 0.2) is 17.0 Å². The Morgan fingerprint density at radius 2 is 1.82 bits per heavy atom. The summed E-state index contributed by atoms with van der Waals surface area (Å²) in [6.07, 6.45) is 1.56. The highest BCUT2D eigenvalue weighted by Gasteiger charge is 2.00. The van der Waals surface area contributed by atoms with Crippen LogP contribution in [0.2, 0.25) is 0 Å². The van der Waals surface area contributed by atoms with E-state index in [1.807, 2.05) is 0 Å². The Bertz CT molecular complexity index is 280. The van der Waals surface area contributed by atoms with Crippen molar-refractivity contribution in [2.24, 2.45) is 0 Å². The van der Waals surface area contributed by atoms with Gasteiger partial charge in [0.25, 0.3) is 0 Å². The van der Waals surface area contributed by atoms with E-state index in [0.717, 1.165) is 0 Å². The molecule has 0 aliphatic rings. The summed E-state index contributed by atoms with van der Waals surface area (Å²) in [5.74, 6) is 0.602. The fourth-order valence-electron chi connectivity index (χ4n) is 0.713. The lowest BCUT2D eigenvalue weighted by atomic mass is 10.4. The molecule has 0 radical (unpaired) electrons. The predicted octanol–water partition coefficient (Wildman–Crippen LogP) is -0.0166. The maximum absolute atomic E-state index is 10.9. The summed E-state index contributed by atoms with van der Waals surface area (Å²) in [5.41, 5.74) is 10.7. The summed E-state index contributed by atoms with van der Waals surface area (Å²) in [4.78, 5) is 4.34. The van der Waals surface area contributed by atoms with Crippen LogP contribution in [0.1, 0.15) is 0 Å². The van der Waals surface area contributed by atoms with E-state index < -0.39 is 10.8 Å². The molecule has 0 bridgehead atoms. The summed E-state index contributed by atoms with van der Waals surface area (Å²) >= 11 is 0. The number of hydrogen-bond acceptors (Lipinski definition) is 4. The van der Waals surface area contributed by atoms with Crippen molar-refractivity contribution in [3.8, 4) is 0 Å². The molecule has 0 aliphatic carbocycles. The Labute approximate surface area is 67.1 Å². The van der Waals surface area contributed by atoms with Crippen molar-refractivity contribution in [2.45, 2.75) is 4.90 Å². The van der Waals surface area contributed by atoms with E-state index in [-0.39, 0.29) is 0 Å². The zero-order chi connectivity index (χ0) is 8.43. The van der Waals surface area contributed by atoms with Crippen LogP contribution in [0.3, 0.4) is 0 Å². The third-order valence-electron chi connectivity index (χ3n) is 1.17. The molecule has 0 saturated heterocycles. The highest BCUT2D eigenvalue weighted by Crippen LogP contribution is 2.11. The van der Waals surface area contributed by atoms with E-state index in [0.29, 0.717) is 16.5 Å². The van der Waals surface area contributed by atoms with E-state index >= 15 is 0 Å². The lowest BCUT2D eigenvalue weighted by molar-refractivity contribution is 0.686. The predicted molar refractivity (Wildman–Crippen MR) is 45.4 cm³/mol. The lowest BCUT2D eigenvalue weighted by Crippen LogP contribution is -1.98. The minimum Gasteiger partial charge on any atom is -0.384 e. The van der Waals surface area contributed by atoms with Crippen LogP contribution < -0.4 is 11.5 Å². The first-order valence-electron chi connectivity index (χ1n) is 2.96. The molecule has 60 valence electrons. The van der Waals surface area contributed by atoms with E-state index in [2.05, 4.69) is 4.98 Å².